The summed E-state index contributed by atoms with van der Waals surface area (Å²) in [5.41, 5.74) is 3.58. The fourth-order valence-electron chi connectivity index (χ4n) is 4.15. The van der Waals surface area contributed by atoms with E-state index in [1.54, 1.807) is 5.56 Å². The molecule has 0 aromatic heterocycles. The molecule has 1 spiro atoms. The Balaban J connectivity index is 1.89. The fraction of sp³-hybridized carbons (Fsp3) is 0.625. The van der Waals surface area contributed by atoms with Crippen LogP contribution in [0.15, 0.2) is 24.3 Å². The van der Waals surface area contributed by atoms with E-state index in [0.717, 1.165) is 11.8 Å². The van der Waals surface area contributed by atoms with E-state index < -0.39 is 0 Å². The van der Waals surface area contributed by atoms with Crippen molar-refractivity contribution in [1.29, 1.82) is 0 Å². The van der Waals surface area contributed by atoms with Crippen LogP contribution in [-0.2, 0) is 0 Å². The second kappa shape index (κ2) is 4.13. The summed E-state index contributed by atoms with van der Waals surface area (Å²) in [4.78, 5) is 0. The molecular weight excluding hydrogens is 206 g/mol. The van der Waals surface area contributed by atoms with Crippen molar-refractivity contribution < 1.29 is 0 Å². The van der Waals surface area contributed by atoms with E-state index in [9.17, 15) is 0 Å². The normalized spacial score (nSPS) is 36.8. The molecular formula is C16H23N. The highest BCUT2D eigenvalue weighted by atomic mass is 14.9. The van der Waals surface area contributed by atoms with E-state index in [4.69, 9.17) is 0 Å². The van der Waals surface area contributed by atoms with Gasteiger partial charge in [-0.25, -0.2) is 0 Å². The maximum Gasteiger partial charge on any atom is 0.00255 e. The van der Waals surface area contributed by atoms with Gasteiger partial charge < -0.3 is 5.32 Å². The van der Waals surface area contributed by atoms with E-state index in [2.05, 4.69) is 43.4 Å². The fourth-order valence-corrected chi connectivity index (χ4v) is 4.15. The van der Waals surface area contributed by atoms with Crippen LogP contribution in [0.5, 0.6) is 0 Å². The van der Waals surface area contributed by atoms with Crippen molar-refractivity contribution in [3.8, 4) is 0 Å². The smallest absolute Gasteiger partial charge is 0.00255 e. The summed E-state index contributed by atoms with van der Waals surface area (Å²) < 4.78 is 0. The predicted molar refractivity (Wildman–Crippen MR) is 72.2 cm³/mol. The first-order chi connectivity index (χ1) is 8.20. The molecule has 1 aromatic carbocycles. The van der Waals surface area contributed by atoms with Gasteiger partial charge in [0.2, 0.25) is 0 Å². The first kappa shape index (κ1) is 11.3. The van der Waals surface area contributed by atoms with Crippen molar-refractivity contribution in [1.82, 2.24) is 5.32 Å². The van der Waals surface area contributed by atoms with Gasteiger partial charge in [0, 0.05) is 12.5 Å². The highest BCUT2D eigenvalue weighted by Gasteiger charge is 2.49. The van der Waals surface area contributed by atoms with Gasteiger partial charge in [-0.2, -0.15) is 0 Å². The Hall–Kier alpha value is -0.820. The number of piperidine rings is 1. The van der Waals surface area contributed by atoms with Crippen molar-refractivity contribution in [3.63, 3.8) is 0 Å². The highest BCUT2D eigenvalue weighted by molar-refractivity contribution is 5.29. The lowest BCUT2D eigenvalue weighted by atomic mass is 9.52. The van der Waals surface area contributed by atoms with Crippen LogP contribution in [-0.4, -0.2) is 13.1 Å². The Morgan fingerprint density at radius 2 is 2.12 bits per heavy atom. The summed E-state index contributed by atoms with van der Waals surface area (Å²) in [7, 11) is 0. The predicted octanol–water partition coefficient (Wildman–Crippen LogP) is 3.49. The molecule has 1 aliphatic heterocycles. The lowest BCUT2D eigenvalue weighted by molar-refractivity contribution is 0.00837. The summed E-state index contributed by atoms with van der Waals surface area (Å²) in [6.45, 7) is 7.00. The Morgan fingerprint density at radius 1 is 1.29 bits per heavy atom. The van der Waals surface area contributed by atoms with Gasteiger partial charge in [-0.15, -0.1) is 0 Å². The minimum absolute atomic E-state index is 0.623. The van der Waals surface area contributed by atoms with Crippen LogP contribution >= 0.6 is 0 Å². The zero-order valence-corrected chi connectivity index (χ0v) is 11.0. The van der Waals surface area contributed by atoms with Crippen molar-refractivity contribution in [2.75, 3.05) is 13.1 Å². The van der Waals surface area contributed by atoms with Gasteiger partial charge in [0.15, 0.2) is 0 Å². The van der Waals surface area contributed by atoms with Crippen LogP contribution in [0, 0.1) is 18.3 Å². The minimum Gasteiger partial charge on any atom is -0.316 e. The summed E-state index contributed by atoms with van der Waals surface area (Å²) in [6, 6.07) is 9.14. The molecule has 0 bridgehead atoms. The summed E-state index contributed by atoms with van der Waals surface area (Å²) in [5.74, 6) is 1.69. The largest absolute Gasteiger partial charge is 0.316 e. The zero-order chi connectivity index (χ0) is 11.9. The molecule has 1 unspecified atom stereocenters. The molecule has 2 aliphatic rings. The molecule has 0 amide bonds. The maximum atomic E-state index is 3.59. The molecule has 92 valence electrons. The van der Waals surface area contributed by atoms with Crippen LogP contribution in [0.1, 0.15) is 43.2 Å². The lowest BCUT2D eigenvalue weighted by Crippen LogP contribution is -2.50. The number of aryl methyl sites for hydroxylation is 1. The molecule has 1 saturated carbocycles. The zero-order valence-electron chi connectivity index (χ0n) is 11.0. The number of nitrogens with one attached hydrogen (secondary N) is 1. The molecule has 1 atom stereocenters. The first-order valence-corrected chi connectivity index (χ1v) is 6.97. The Kier molecular flexibility index (Phi) is 2.74. The quantitative estimate of drug-likeness (QED) is 0.777. The second-order valence-electron chi connectivity index (χ2n) is 6.30. The second-order valence-corrected chi connectivity index (χ2v) is 6.30. The molecule has 0 radical (unpaired) electrons. The van der Waals surface area contributed by atoms with Gasteiger partial charge >= 0.3 is 0 Å². The minimum atomic E-state index is 0.623. The van der Waals surface area contributed by atoms with Gasteiger partial charge in [-0.3, -0.25) is 0 Å². The summed E-state index contributed by atoms with van der Waals surface area (Å²) in [6.07, 6.45) is 4.25. The third-order valence-corrected chi connectivity index (χ3v) is 4.84. The van der Waals surface area contributed by atoms with E-state index in [1.807, 2.05) is 0 Å². The summed E-state index contributed by atoms with van der Waals surface area (Å²) >= 11 is 0. The van der Waals surface area contributed by atoms with Crippen LogP contribution in [0.2, 0.25) is 0 Å². The molecule has 1 heterocycles. The van der Waals surface area contributed by atoms with Gasteiger partial charge in [0.25, 0.3) is 0 Å². The Bertz CT molecular complexity index is 398. The monoisotopic (exact) mass is 229 g/mol. The van der Waals surface area contributed by atoms with Gasteiger partial charge in [-0.05, 0) is 49.6 Å². The number of rotatable bonds is 1. The van der Waals surface area contributed by atoms with Crippen molar-refractivity contribution >= 4 is 0 Å². The average Bonchev–Trinajstić information content (AvgIpc) is 2.28. The van der Waals surface area contributed by atoms with E-state index >= 15 is 0 Å². The molecule has 3 rings (SSSR count). The molecule has 1 heteroatoms. The average molecular weight is 229 g/mol. The van der Waals surface area contributed by atoms with Crippen molar-refractivity contribution in [2.45, 2.75) is 39.0 Å². The van der Waals surface area contributed by atoms with Crippen LogP contribution in [0.3, 0.4) is 0 Å². The lowest BCUT2D eigenvalue weighted by Gasteiger charge is -2.54. The first-order valence-electron chi connectivity index (χ1n) is 6.97. The third-order valence-electron chi connectivity index (χ3n) is 4.84. The Morgan fingerprint density at radius 3 is 2.82 bits per heavy atom. The third kappa shape index (κ3) is 1.91. The van der Waals surface area contributed by atoms with Gasteiger partial charge in [0.1, 0.15) is 0 Å². The standard InChI is InChI=1S/C16H23N/c1-12-4-3-5-14(8-12)15-11-17-7-6-16(15)9-13(2)10-16/h3-5,8,13,15,17H,6-7,9-11H2,1-2H3. The molecule has 1 saturated heterocycles. The molecule has 1 aliphatic carbocycles. The van der Waals surface area contributed by atoms with Crippen LogP contribution in [0.25, 0.3) is 0 Å². The summed E-state index contributed by atoms with van der Waals surface area (Å²) in [5, 5.41) is 3.59. The van der Waals surface area contributed by atoms with E-state index in [1.165, 1.54) is 37.9 Å². The number of benzene rings is 1. The molecule has 1 N–H and O–H groups in total. The van der Waals surface area contributed by atoms with Crippen molar-refractivity contribution in [2.24, 2.45) is 11.3 Å². The maximum absolute atomic E-state index is 3.59. The molecule has 1 nitrogen and oxygen atoms in total. The Labute approximate surface area is 105 Å². The number of hydrogen-bond donors (Lipinski definition) is 1. The molecule has 17 heavy (non-hydrogen) atoms. The van der Waals surface area contributed by atoms with E-state index in [0.29, 0.717) is 5.41 Å². The topological polar surface area (TPSA) is 12.0 Å². The van der Waals surface area contributed by atoms with Gasteiger partial charge in [-0.1, -0.05) is 36.8 Å². The van der Waals surface area contributed by atoms with E-state index in [-0.39, 0.29) is 0 Å². The molecule has 1 aromatic rings. The van der Waals surface area contributed by atoms with Crippen LogP contribution < -0.4 is 5.32 Å². The van der Waals surface area contributed by atoms with Gasteiger partial charge in [0.05, 0.1) is 0 Å². The number of hydrogen-bond acceptors (Lipinski definition) is 1. The highest BCUT2D eigenvalue weighted by Crippen LogP contribution is 2.57. The SMILES string of the molecule is Cc1cccc(C2CNCCC23CC(C)C3)c1. The van der Waals surface area contributed by atoms with Crippen molar-refractivity contribution in [3.05, 3.63) is 35.4 Å². The van der Waals surface area contributed by atoms with Crippen LogP contribution in [0.4, 0.5) is 0 Å². The molecule has 2 fully saturated rings.